The average Bonchev–Trinajstić information content (AvgIpc) is 2.48. The number of anilines is 1. The first-order valence-corrected chi connectivity index (χ1v) is 4.41. The van der Waals surface area contributed by atoms with Crippen molar-refractivity contribution >= 4 is 11.9 Å². The molecule has 0 spiro atoms. The summed E-state index contributed by atoms with van der Waals surface area (Å²) in [4.78, 5) is 15.1. The largest absolute Gasteiger partial charge is 0.328 e. The maximum atomic E-state index is 11.2. The Labute approximate surface area is 82.1 Å². The van der Waals surface area contributed by atoms with E-state index >= 15 is 0 Å². The van der Waals surface area contributed by atoms with Crippen LogP contribution in [0.4, 0.5) is 6.01 Å². The lowest BCUT2D eigenvalue weighted by molar-refractivity contribution is -0.115. The van der Waals surface area contributed by atoms with E-state index in [-0.39, 0.29) is 24.5 Å². The van der Waals surface area contributed by atoms with E-state index < -0.39 is 0 Å². The Bertz CT molecular complexity index is 308. The summed E-state index contributed by atoms with van der Waals surface area (Å²) in [5, 5.41) is 8.99. The number of nitrogens with one attached hydrogen (secondary N) is 2. The number of carbonyl (C=O) groups excluding carboxylic acids is 1. The summed E-state index contributed by atoms with van der Waals surface area (Å²) < 4.78 is 4.72. The summed E-state index contributed by atoms with van der Waals surface area (Å²) in [6, 6.07) is 0.406. The minimum absolute atomic E-state index is 0.137. The second-order valence-electron chi connectivity index (χ2n) is 3.23. The summed E-state index contributed by atoms with van der Waals surface area (Å²) in [6.07, 6.45) is 0. The molecule has 14 heavy (non-hydrogen) atoms. The van der Waals surface area contributed by atoms with E-state index in [1.807, 2.05) is 13.8 Å². The van der Waals surface area contributed by atoms with Gasteiger partial charge in [0.2, 0.25) is 5.91 Å². The van der Waals surface area contributed by atoms with Crippen molar-refractivity contribution in [2.45, 2.75) is 26.8 Å². The Morgan fingerprint density at radius 3 is 2.79 bits per heavy atom. The van der Waals surface area contributed by atoms with Crippen LogP contribution in [0.25, 0.3) is 0 Å². The van der Waals surface area contributed by atoms with Crippen LogP contribution in [0.2, 0.25) is 0 Å². The van der Waals surface area contributed by atoms with Gasteiger partial charge in [-0.3, -0.25) is 10.1 Å². The number of aryl methyl sites for hydroxylation is 1. The molecule has 0 aromatic carbocycles. The van der Waals surface area contributed by atoms with Crippen LogP contribution in [-0.4, -0.2) is 28.6 Å². The van der Waals surface area contributed by atoms with Crippen molar-refractivity contribution in [2.24, 2.45) is 0 Å². The highest BCUT2D eigenvalue weighted by Crippen LogP contribution is 2.00. The van der Waals surface area contributed by atoms with Gasteiger partial charge >= 0.3 is 6.01 Å². The van der Waals surface area contributed by atoms with Gasteiger partial charge in [0.25, 0.3) is 0 Å². The van der Waals surface area contributed by atoms with Crippen LogP contribution in [0.1, 0.15) is 19.7 Å². The molecule has 0 aliphatic carbocycles. The molecule has 2 N–H and O–H groups in total. The zero-order chi connectivity index (χ0) is 10.6. The van der Waals surface area contributed by atoms with Gasteiger partial charge in [-0.05, 0) is 6.92 Å². The zero-order valence-electron chi connectivity index (χ0n) is 8.50. The lowest BCUT2D eigenvalue weighted by atomic mass is 10.4. The molecule has 1 heterocycles. The third kappa shape index (κ3) is 3.53. The van der Waals surface area contributed by atoms with Crippen LogP contribution in [0, 0.1) is 6.92 Å². The van der Waals surface area contributed by atoms with E-state index in [2.05, 4.69) is 20.8 Å². The fourth-order valence-electron chi connectivity index (χ4n) is 0.808. The Kier molecular flexibility index (Phi) is 3.58. The Morgan fingerprint density at radius 2 is 2.29 bits per heavy atom. The monoisotopic (exact) mass is 198 g/mol. The first-order chi connectivity index (χ1) is 6.58. The standard InChI is InChI=1S/C8H14N4O2/c1-5(2)9-4-7(13)11-8-10-6(3)12-14-8/h5,9H,4H2,1-3H3,(H,10,11,12,13). The quantitative estimate of drug-likeness (QED) is 0.728. The smallest absolute Gasteiger partial charge is 0.315 e. The molecule has 0 atom stereocenters. The SMILES string of the molecule is Cc1noc(NC(=O)CNC(C)C)n1. The lowest BCUT2D eigenvalue weighted by Gasteiger charge is -2.05. The van der Waals surface area contributed by atoms with Gasteiger partial charge in [0.1, 0.15) is 0 Å². The molecule has 0 aliphatic rings. The van der Waals surface area contributed by atoms with Gasteiger partial charge in [-0.15, -0.1) is 0 Å². The maximum Gasteiger partial charge on any atom is 0.328 e. The van der Waals surface area contributed by atoms with Gasteiger partial charge in [-0.2, -0.15) is 4.98 Å². The first-order valence-electron chi connectivity index (χ1n) is 4.41. The van der Waals surface area contributed by atoms with Crippen LogP contribution in [0.3, 0.4) is 0 Å². The van der Waals surface area contributed by atoms with Crippen LogP contribution in [0.5, 0.6) is 0 Å². The molecule has 0 fully saturated rings. The van der Waals surface area contributed by atoms with Crippen LogP contribution in [0.15, 0.2) is 4.52 Å². The number of hydrogen-bond acceptors (Lipinski definition) is 5. The van der Waals surface area contributed by atoms with Gasteiger partial charge in [0.15, 0.2) is 5.82 Å². The summed E-state index contributed by atoms with van der Waals surface area (Å²) in [5.74, 6) is 0.305. The molecule has 6 nitrogen and oxygen atoms in total. The molecule has 78 valence electrons. The molecule has 0 saturated carbocycles. The van der Waals surface area contributed by atoms with E-state index in [0.717, 1.165) is 0 Å². The van der Waals surface area contributed by atoms with Crippen molar-refractivity contribution in [1.82, 2.24) is 15.5 Å². The highest BCUT2D eigenvalue weighted by molar-refractivity contribution is 5.90. The van der Waals surface area contributed by atoms with E-state index in [1.54, 1.807) is 6.92 Å². The van der Waals surface area contributed by atoms with E-state index in [1.165, 1.54) is 0 Å². The molecular formula is C8H14N4O2. The first kappa shape index (κ1) is 10.6. The highest BCUT2D eigenvalue weighted by atomic mass is 16.5. The molecule has 0 saturated heterocycles. The molecule has 6 heteroatoms. The Morgan fingerprint density at radius 1 is 1.57 bits per heavy atom. The summed E-state index contributed by atoms with van der Waals surface area (Å²) in [7, 11) is 0. The number of amides is 1. The zero-order valence-corrected chi connectivity index (χ0v) is 8.50. The average molecular weight is 198 g/mol. The van der Waals surface area contributed by atoms with Crippen molar-refractivity contribution in [1.29, 1.82) is 0 Å². The molecule has 1 aromatic heterocycles. The van der Waals surface area contributed by atoms with Crippen molar-refractivity contribution in [3.05, 3.63) is 5.82 Å². The summed E-state index contributed by atoms with van der Waals surface area (Å²) in [5.41, 5.74) is 0. The third-order valence-corrected chi connectivity index (χ3v) is 1.44. The normalized spacial score (nSPS) is 10.6. The van der Waals surface area contributed by atoms with Crippen molar-refractivity contribution in [3.63, 3.8) is 0 Å². The Balaban J connectivity index is 2.34. The number of nitrogens with zero attached hydrogens (tertiary/aromatic N) is 2. The Hall–Kier alpha value is -1.43. The molecule has 1 aromatic rings. The maximum absolute atomic E-state index is 11.2. The third-order valence-electron chi connectivity index (χ3n) is 1.44. The fraction of sp³-hybridized carbons (Fsp3) is 0.625. The van der Waals surface area contributed by atoms with Gasteiger partial charge in [-0.25, -0.2) is 0 Å². The van der Waals surface area contributed by atoms with Crippen LogP contribution in [-0.2, 0) is 4.79 Å². The molecular weight excluding hydrogens is 184 g/mol. The second-order valence-corrected chi connectivity index (χ2v) is 3.23. The van der Waals surface area contributed by atoms with Crippen molar-refractivity contribution in [3.8, 4) is 0 Å². The van der Waals surface area contributed by atoms with E-state index in [4.69, 9.17) is 4.52 Å². The molecule has 0 aliphatic heterocycles. The van der Waals surface area contributed by atoms with Crippen molar-refractivity contribution in [2.75, 3.05) is 11.9 Å². The van der Waals surface area contributed by atoms with Crippen molar-refractivity contribution < 1.29 is 9.32 Å². The fourth-order valence-corrected chi connectivity index (χ4v) is 0.808. The molecule has 0 radical (unpaired) electrons. The van der Waals surface area contributed by atoms with E-state index in [9.17, 15) is 4.79 Å². The minimum atomic E-state index is -0.192. The second kappa shape index (κ2) is 4.71. The molecule has 0 unspecified atom stereocenters. The lowest BCUT2D eigenvalue weighted by Crippen LogP contribution is -2.32. The highest BCUT2D eigenvalue weighted by Gasteiger charge is 2.07. The predicted molar refractivity (Wildman–Crippen MR) is 50.8 cm³/mol. The van der Waals surface area contributed by atoms with Gasteiger partial charge in [-0.1, -0.05) is 19.0 Å². The topological polar surface area (TPSA) is 80.0 Å². The molecule has 1 amide bonds. The number of aromatic nitrogens is 2. The van der Waals surface area contributed by atoms with Gasteiger partial charge < -0.3 is 9.84 Å². The molecule has 0 bridgehead atoms. The van der Waals surface area contributed by atoms with Gasteiger partial charge in [0, 0.05) is 6.04 Å². The minimum Gasteiger partial charge on any atom is -0.315 e. The van der Waals surface area contributed by atoms with Crippen LogP contribution >= 0.6 is 0 Å². The number of rotatable bonds is 4. The van der Waals surface area contributed by atoms with Crippen LogP contribution < -0.4 is 10.6 Å². The summed E-state index contributed by atoms with van der Waals surface area (Å²) in [6.45, 7) is 5.85. The predicted octanol–water partition coefficient (Wildman–Crippen LogP) is 0.315. The summed E-state index contributed by atoms with van der Waals surface area (Å²) >= 11 is 0. The number of carbonyl (C=O) groups is 1. The van der Waals surface area contributed by atoms with Gasteiger partial charge in [0.05, 0.1) is 6.54 Å². The number of hydrogen-bond donors (Lipinski definition) is 2. The molecule has 1 rings (SSSR count). The van der Waals surface area contributed by atoms with E-state index in [0.29, 0.717) is 5.82 Å².